The van der Waals surface area contributed by atoms with Crippen LogP contribution in [0.1, 0.15) is 33.9 Å². The van der Waals surface area contributed by atoms with Gasteiger partial charge in [-0.25, -0.2) is 4.68 Å². The van der Waals surface area contributed by atoms with Crippen LogP contribution in [0.25, 0.3) is 11.0 Å². The summed E-state index contributed by atoms with van der Waals surface area (Å²) in [6.07, 6.45) is -0.178. The van der Waals surface area contributed by atoms with Gasteiger partial charge in [0, 0.05) is 5.92 Å². The second kappa shape index (κ2) is 5.38. The monoisotopic (exact) mass is 260 g/mol. The molecule has 1 atom stereocenters. The van der Waals surface area contributed by atoms with E-state index in [0.29, 0.717) is 0 Å². The Bertz CT molecular complexity index is 574. The van der Waals surface area contributed by atoms with Gasteiger partial charge in [0.05, 0.1) is 5.52 Å². The van der Waals surface area contributed by atoms with Crippen LogP contribution in [-0.4, -0.2) is 20.9 Å². The molecule has 2 aromatic rings. The number of nitrogens with one attached hydrogen (secondary N) is 1. The van der Waals surface area contributed by atoms with Gasteiger partial charge in [-0.15, -0.1) is 5.10 Å². The minimum atomic E-state index is -0.178. The van der Waals surface area contributed by atoms with Gasteiger partial charge in [-0.05, 0) is 18.1 Å². The summed E-state index contributed by atoms with van der Waals surface area (Å²) in [7, 11) is 0. The second-order valence-corrected chi connectivity index (χ2v) is 5.37. The molecule has 0 radical (unpaired) electrons. The molecule has 0 saturated heterocycles. The fourth-order valence-corrected chi connectivity index (χ4v) is 1.92. The lowest BCUT2D eigenvalue weighted by Gasteiger charge is -2.23. The molecule has 1 N–H and O–H groups in total. The number of aromatic nitrogens is 3. The van der Waals surface area contributed by atoms with Crippen molar-refractivity contribution in [3.63, 3.8) is 0 Å². The Morgan fingerprint density at radius 1 is 1.21 bits per heavy atom. The number of hydrogen-bond donors (Lipinski definition) is 1. The maximum absolute atomic E-state index is 11.9. The van der Waals surface area contributed by atoms with E-state index in [0.717, 1.165) is 11.0 Å². The van der Waals surface area contributed by atoms with Crippen molar-refractivity contribution in [1.82, 2.24) is 20.3 Å². The quantitative estimate of drug-likeness (QED) is 0.918. The Hall–Kier alpha value is -1.91. The number of amides is 1. The Kier molecular flexibility index (Phi) is 3.83. The predicted octanol–water partition coefficient (Wildman–Crippen LogP) is 2.36. The van der Waals surface area contributed by atoms with Gasteiger partial charge in [-0.1, -0.05) is 45.0 Å². The number of carbonyl (C=O) groups is 1. The van der Waals surface area contributed by atoms with Gasteiger partial charge in [0.15, 0.2) is 0 Å². The molecule has 5 heteroatoms. The van der Waals surface area contributed by atoms with Crippen molar-refractivity contribution in [3.05, 3.63) is 24.3 Å². The first-order chi connectivity index (χ1) is 9.00. The molecule has 2 rings (SSSR count). The number of nitrogens with zero attached hydrogens (tertiary/aromatic N) is 3. The molecule has 102 valence electrons. The van der Waals surface area contributed by atoms with Crippen molar-refractivity contribution in [2.24, 2.45) is 11.8 Å². The summed E-state index contributed by atoms with van der Waals surface area (Å²) in [5.74, 6) is 0.210. The number of benzene rings is 1. The van der Waals surface area contributed by atoms with Gasteiger partial charge in [-0.3, -0.25) is 4.79 Å². The summed E-state index contributed by atoms with van der Waals surface area (Å²) in [5.41, 5.74) is 1.78. The highest BCUT2D eigenvalue weighted by atomic mass is 16.2. The minimum Gasteiger partial charge on any atom is -0.334 e. The maximum Gasteiger partial charge on any atom is 0.224 e. The normalized spacial score (nSPS) is 13.2. The van der Waals surface area contributed by atoms with Crippen molar-refractivity contribution in [2.75, 3.05) is 0 Å². The third kappa shape index (κ3) is 2.75. The van der Waals surface area contributed by atoms with Crippen molar-refractivity contribution in [3.8, 4) is 0 Å². The third-order valence-corrected chi connectivity index (χ3v) is 3.09. The largest absolute Gasteiger partial charge is 0.334 e. The molecule has 1 amide bonds. The fourth-order valence-electron chi connectivity index (χ4n) is 1.92. The van der Waals surface area contributed by atoms with Crippen LogP contribution < -0.4 is 5.32 Å². The molecule has 0 saturated carbocycles. The molecule has 1 heterocycles. The topological polar surface area (TPSA) is 59.8 Å². The van der Waals surface area contributed by atoms with Crippen LogP contribution in [0.3, 0.4) is 0 Å². The van der Waals surface area contributed by atoms with Crippen LogP contribution in [0.4, 0.5) is 0 Å². The highest BCUT2D eigenvalue weighted by molar-refractivity contribution is 5.78. The first kappa shape index (κ1) is 13.5. The van der Waals surface area contributed by atoms with Gasteiger partial charge in [0.2, 0.25) is 5.91 Å². The van der Waals surface area contributed by atoms with Crippen molar-refractivity contribution in [1.29, 1.82) is 0 Å². The molecule has 5 nitrogen and oxygen atoms in total. The van der Waals surface area contributed by atoms with E-state index >= 15 is 0 Å². The molecule has 0 spiro atoms. The summed E-state index contributed by atoms with van der Waals surface area (Å²) >= 11 is 0. The van der Waals surface area contributed by atoms with Crippen molar-refractivity contribution >= 4 is 16.9 Å². The highest BCUT2D eigenvalue weighted by Gasteiger charge is 2.22. The molecule has 0 fully saturated rings. The summed E-state index contributed by atoms with van der Waals surface area (Å²) < 4.78 is 1.79. The average Bonchev–Trinajstić information content (AvgIpc) is 2.78. The third-order valence-electron chi connectivity index (χ3n) is 3.09. The lowest BCUT2D eigenvalue weighted by molar-refractivity contribution is -0.125. The standard InChI is InChI=1S/C14H20N4O/c1-9(2)13(15-14(19)10(3)4)18-12-8-6-5-7-11(12)16-17-18/h5-10,13H,1-4H3,(H,15,19). The van der Waals surface area contributed by atoms with Crippen LogP contribution in [0.2, 0.25) is 0 Å². The SMILES string of the molecule is CC(C)C(=O)NC(C(C)C)n1nnc2ccccc21. The number of carbonyl (C=O) groups excluding carboxylic acids is 1. The van der Waals surface area contributed by atoms with Gasteiger partial charge in [0.25, 0.3) is 0 Å². The van der Waals surface area contributed by atoms with Gasteiger partial charge in [-0.2, -0.15) is 0 Å². The average molecular weight is 260 g/mol. The Labute approximate surface area is 113 Å². The zero-order valence-electron chi connectivity index (χ0n) is 11.8. The first-order valence-corrected chi connectivity index (χ1v) is 6.61. The van der Waals surface area contributed by atoms with E-state index in [-0.39, 0.29) is 23.9 Å². The van der Waals surface area contributed by atoms with Gasteiger partial charge < -0.3 is 5.32 Å². The Balaban J connectivity index is 2.36. The van der Waals surface area contributed by atoms with Crippen LogP contribution >= 0.6 is 0 Å². The molecule has 0 aliphatic carbocycles. The second-order valence-electron chi connectivity index (χ2n) is 5.37. The lowest BCUT2D eigenvalue weighted by atomic mass is 10.1. The first-order valence-electron chi connectivity index (χ1n) is 6.61. The smallest absolute Gasteiger partial charge is 0.224 e. The van der Waals surface area contributed by atoms with Crippen LogP contribution in [-0.2, 0) is 4.79 Å². The van der Waals surface area contributed by atoms with Gasteiger partial charge in [0.1, 0.15) is 11.7 Å². The van der Waals surface area contributed by atoms with Crippen molar-refractivity contribution in [2.45, 2.75) is 33.9 Å². The molecule has 0 bridgehead atoms. The van der Waals surface area contributed by atoms with E-state index in [9.17, 15) is 4.79 Å². The highest BCUT2D eigenvalue weighted by Crippen LogP contribution is 2.20. The maximum atomic E-state index is 11.9. The fraction of sp³-hybridized carbons (Fsp3) is 0.500. The van der Waals surface area contributed by atoms with Crippen molar-refractivity contribution < 1.29 is 4.79 Å². The number of fused-ring (bicyclic) bond motifs is 1. The summed E-state index contributed by atoms with van der Waals surface area (Å²) in [5, 5.41) is 11.3. The molecule has 1 aromatic heterocycles. The van der Waals surface area contributed by atoms with E-state index in [1.165, 1.54) is 0 Å². The van der Waals surface area contributed by atoms with Gasteiger partial charge >= 0.3 is 0 Å². The van der Waals surface area contributed by atoms with E-state index in [1.54, 1.807) is 4.68 Å². The molecular weight excluding hydrogens is 240 g/mol. The zero-order valence-corrected chi connectivity index (χ0v) is 11.8. The summed E-state index contributed by atoms with van der Waals surface area (Å²) in [4.78, 5) is 11.9. The number of para-hydroxylation sites is 1. The zero-order chi connectivity index (χ0) is 14.0. The summed E-state index contributed by atoms with van der Waals surface area (Å²) in [6, 6.07) is 7.76. The minimum absolute atomic E-state index is 0.0262. The molecule has 19 heavy (non-hydrogen) atoms. The molecule has 0 aliphatic rings. The molecule has 1 aromatic carbocycles. The number of hydrogen-bond acceptors (Lipinski definition) is 3. The van der Waals surface area contributed by atoms with E-state index < -0.39 is 0 Å². The van der Waals surface area contributed by atoms with E-state index in [1.807, 2.05) is 38.1 Å². The van der Waals surface area contributed by atoms with Crippen LogP contribution in [0, 0.1) is 11.8 Å². The number of rotatable bonds is 4. The Morgan fingerprint density at radius 2 is 1.89 bits per heavy atom. The molecular formula is C14H20N4O. The molecule has 0 aliphatic heterocycles. The van der Waals surface area contributed by atoms with E-state index in [2.05, 4.69) is 29.5 Å². The van der Waals surface area contributed by atoms with Crippen LogP contribution in [0.15, 0.2) is 24.3 Å². The summed E-state index contributed by atoms with van der Waals surface area (Å²) in [6.45, 7) is 7.88. The van der Waals surface area contributed by atoms with E-state index in [4.69, 9.17) is 0 Å². The van der Waals surface area contributed by atoms with Crippen LogP contribution in [0.5, 0.6) is 0 Å². The molecule has 1 unspecified atom stereocenters. The predicted molar refractivity (Wildman–Crippen MR) is 74.4 cm³/mol. The lowest BCUT2D eigenvalue weighted by Crippen LogP contribution is -2.38. The Morgan fingerprint density at radius 3 is 2.53 bits per heavy atom.